The summed E-state index contributed by atoms with van der Waals surface area (Å²) in [5, 5.41) is 17.9. The van der Waals surface area contributed by atoms with E-state index in [4.69, 9.17) is 10.2 Å². The van der Waals surface area contributed by atoms with Crippen molar-refractivity contribution >= 4 is 0 Å². The molecule has 0 aliphatic carbocycles. The molecule has 0 unspecified atom stereocenters. The predicted molar refractivity (Wildman–Crippen MR) is 48.1 cm³/mol. The molecule has 0 fully saturated rings. The van der Waals surface area contributed by atoms with Crippen molar-refractivity contribution < 1.29 is 14.6 Å². The summed E-state index contributed by atoms with van der Waals surface area (Å²) in [6.07, 6.45) is 0.596. The van der Waals surface area contributed by atoms with Gasteiger partial charge in [0.25, 0.3) is 0 Å². The van der Waals surface area contributed by atoms with Crippen LogP contribution in [0.2, 0.25) is 0 Å². The Balaban J connectivity index is 2.67. The summed E-state index contributed by atoms with van der Waals surface area (Å²) in [5.41, 5.74) is 0.527. The first-order valence-electron chi connectivity index (χ1n) is 4.25. The van der Waals surface area contributed by atoms with Gasteiger partial charge < -0.3 is 10.2 Å². The Hall–Kier alpha value is -1.09. The highest BCUT2D eigenvalue weighted by atomic mass is 19.1. The molecule has 2 nitrogen and oxygen atoms in total. The number of phenolic OH excluding ortho intramolecular Hbond substituents is 1. The van der Waals surface area contributed by atoms with Crippen LogP contribution in [0, 0.1) is 5.82 Å². The van der Waals surface area contributed by atoms with E-state index in [0.717, 1.165) is 6.07 Å². The smallest absolute Gasteiger partial charge is 0.130 e. The molecular formula is C10H13FO2. The maximum Gasteiger partial charge on any atom is 0.130 e. The van der Waals surface area contributed by atoms with Crippen LogP contribution in [0.4, 0.5) is 4.39 Å². The van der Waals surface area contributed by atoms with Crippen molar-refractivity contribution in [3.05, 3.63) is 29.6 Å². The first-order valence-corrected chi connectivity index (χ1v) is 4.25. The van der Waals surface area contributed by atoms with E-state index in [0.29, 0.717) is 18.4 Å². The zero-order valence-corrected chi connectivity index (χ0v) is 7.50. The molecule has 0 saturated carbocycles. The third kappa shape index (κ3) is 3.03. The van der Waals surface area contributed by atoms with Crippen molar-refractivity contribution in [3.8, 4) is 5.75 Å². The fraction of sp³-hybridized carbons (Fsp3) is 0.400. The second-order valence-electron chi connectivity index (χ2n) is 3.16. The van der Waals surface area contributed by atoms with Crippen LogP contribution >= 0.6 is 0 Å². The number of hydrogen-bond donors (Lipinski definition) is 2. The first kappa shape index (κ1) is 9.99. The van der Waals surface area contributed by atoms with Gasteiger partial charge in [0.05, 0.1) is 6.10 Å². The van der Waals surface area contributed by atoms with E-state index in [1.807, 2.05) is 0 Å². The molecule has 2 N–H and O–H groups in total. The van der Waals surface area contributed by atoms with Gasteiger partial charge in [-0.25, -0.2) is 4.39 Å². The van der Waals surface area contributed by atoms with Crippen LogP contribution in [0.25, 0.3) is 0 Å². The Labute approximate surface area is 76.6 Å². The molecule has 0 spiro atoms. The quantitative estimate of drug-likeness (QED) is 0.752. The van der Waals surface area contributed by atoms with Crippen molar-refractivity contribution in [2.45, 2.75) is 25.9 Å². The molecule has 1 rings (SSSR count). The summed E-state index contributed by atoms with van der Waals surface area (Å²) in [6, 6.07) is 4.06. The van der Waals surface area contributed by atoms with Crippen LogP contribution in [-0.4, -0.2) is 16.3 Å². The van der Waals surface area contributed by atoms with Gasteiger partial charge in [-0.05, 0) is 31.4 Å². The molecular weight excluding hydrogens is 171 g/mol. The molecule has 0 aliphatic rings. The number of aromatic hydroxyl groups is 1. The molecule has 3 heteroatoms. The van der Waals surface area contributed by atoms with Gasteiger partial charge in [-0.2, -0.15) is 0 Å². The summed E-state index contributed by atoms with van der Waals surface area (Å²) in [6.45, 7) is 1.66. The van der Waals surface area contributed by atoms with Crippen LogP contribution in [0.15, 0.2) is 18.2 Å². The lowest BCUT2D eigenvalue weighted by Crippen LogP contribution is -2.02. The Bertz CT molecular complexity index is 284. The number of phenols is 1. The molecule has 0 saturated heterocycles. The number of rotatable bonds is 3. The van der Waals surface area contributed by atoms with Crippen molar-refractivity contribution in [2.24, 2.45) is 0 Å². The summed E-state index contributed by atoms with van der Waals surface area (Å²) in [4.78, 5) is 0. The fourth-order valence-corrected chi connectivity index (χ4v) is 1.10. The van der Waals surface area contributed by atoms with E-state index in [9.17, 15) is 4.39 Å². The van der Waals surface area contributed by atoms with Gasteiger partial charge in [-0.1, -0.05) is 6.07 Å². The summed E-state index contributed by atoms with van der Waals surface area (Å²) in [7, 11) is 0. The number of aliphatic hydroxyl groups excluding tert-OH is 1. The zero-order valence-electron chi connectivity index (χ0n) is 7.50. The largest absolute Gasteiger partial charge is 0.508 e. The average molecular weight is 184 g/mol. The van der Waals surface area contributed by atoms with Crippen LogP contribution < -0.4 is 0 Å². The number of benzene rings is 1. The van der Waals surface area contributed by atoms with E-state index < -0.39 is 11.9 Å². The van der Waals surface area contributed by atoms with Crippen molar-refractivity contribution in [1.82, 2.24) is 0 Å². The van der Waals surface area contributed by atoms with E-state index >= 15 is 0 Å². The van der Waals surface area contributed by atoms with Gasteiger partial charge in [0.15, 0.2) is 0 Å². The maximum absolute atomic E-state index is 13.1. The number of aliphatic hydroxyl groups is 1. The molecule has 0 bridgehead atoms. The molecule has 1 aromatic rings. The van der Waals surface area contributed by atoms with Crippen LogP contribution in [-0.2, 0) is 6.42 Å². The summed E-state index contributed by atoms with van der Waals surface area (Å²) in [5.74, 6) is -0.487. The third-order valence-electron chi connectivity index (χ3n) is 1.87. The van der Waals surface area contributed by atoms with Crippen LogP contribution in [0.3, 0.4) is 0 Å². The van der Waals surface area contributed by atoms with E-state index in [1.165, 1.54) is 12.1 Å². The van der Waals surface area contributed by atoms with Gasteiger partial charge in [-0.15, -0.1) is 0 Å². The van der Waals surface area contributed by atoms with Gasteiger partial charge in [0.1, 0.15) is 11.6 Å². The SMILES string of the molecule is C[C@@H](O)CCc1ccc(O)cc1F. The lowest BCUT2D eigenvalue weighted by molar-refractivity contribution is 0.184. The Kier molecular flexibility index (Phi) is 3.25. The Morgan fingerprint density at radius 1 is 1.46 bits per heavy atom. The van der Waals surface area contributed by atoms with Crippen LogP contribution in [0.5, 0.6) is 5.75 Å². The van der Waals surface area contributed by atoms with E-state index in [1.54, 1.807) is 6.92 Å². The Morgan fingerprint density at radius 2 is 2.15 bits per heavy atom. The maximum atomic E-state index is 13.1. The highest BCUT2D eigenvalue weighted by Crippen LogP contribution is 2.16. The highest BCUT2D eigenvalue weighted by Gasteiger charge is 2.04. The second-order valence-corrected chi connectivity index (χ2v) is 3.16. The third-order valence-corrected chi connectivity index (χ3v) is 1.87. The molecule has 0 radical (unpaired) electrons. The predicted octanol–water partition coefficient (Wildman–Crippen LogP) is 1.84. The molecule has 0 aliphatic heterocycles. The molecule has 0 aromatic heterocycles. The van der Waals surface area contributed by atoms with Gasteiger partial charge in [0, 0.05) is 6.07 Å². The normalized spacial score (nSPS) is 12.8. The van der Waals surface area contributed by atoms with Crippen LogP contribution in [0.1, 0.15) is 18.9 Å². The zero-order chi connectivity index (χ0) is 9.84. The molecule has 13 heavy (non-hydrogen) atoms. The van der Waals surface area contributed by atoms with E-state index in [-0.39, 0.29) is 5.75 Å². The molecule has 1 aromatic carbocycles. The standard InChI is InChI=1S/C10H13FO2/c1-7(12)2-3-8-4-5-9(13)6-10(8)11/h4-7,12-13H,2-3H2,1H3/t7-/m1/s1. The monoisotopic (exact) mass is 184 g/mol. The van der Waals surface area contributed by atoms with Gasteiger partial charge in [0.2, 0.25) is 0 Å². The van der Waals surface area contributed by atoms with Crippen molar-refractivity contribution in [2.75, 3.05) is 0 Å². The Morgan fingerprint density at radius 3 is 2.69 bits per heavy atom. The lowest BCUT2D eigenvalue weighted by atomic mass is 10.1. The van der Waals surface area contributed by atoms with Crippen molar-refractivity contribution in [1.29, 1.82) is 0 Å². The van der Waals surface area contributed by atoms with E-state index in [2.05, 4.69) is 0 Å². The minimum absolute atomic E-state index is 0.0710. The molecule has 0 amide bonds. The fourth-order valence-electron chi connectivity index (χ4n) is 1.10. The summed E-state index contributed by atoms with van der Waals surface area (Å²) < 4.78 is 13.1. The van der Waals surface area contributed by atoms with Crippen molar-refractivity contribution in [3.63, 3.8) is 0 Å². The number of halogens is 1. The molecule has 1 atom stereocenters. The minimum Gasteiger partial charge on any atom is -0.508 e. The number of aryl methyl sites for hydroxylation is 1. The second kappa shape index (κ2) is 4.23. The number of hydrogen-bond acceptors (Lipinski definition) is 2. The molecule has 0 heterocycles. The van der Waals surface area contributed by atoms with Gasteiger partial charge >= 0.3 is 0 Å². The highest BCUT2D eigenvalue weighted by molar-refractivity contribution is 5.27. The lowest BCUT2D eigenvalue weighted by Gasteiger charge is -2.05. The summed E-state index contributed by atoms with van der Waals surface area (Å²) >= 11 is 0. The van der Waals surface area contributed by atoms with Gasteiger partial charge in [-0.3, -0.25) is 0 Å². The minimum atomic E-state index is -0.423. The molecule has 72 valence electrons. The average Bonchev–Trinajstić information content (AvgIpc) is 2.02. The first-order chi connectivity index (χ1) is 6.09. The topological polar surface area (TPSA) is 40.5 Å².